The van der Waals surface area contributed by atoms with Crippen LogP contribution in [-0.4, -0.2) is 39.7 Å². The van der Waals surface area contributed by atoms with E-state index in [1.165, 1.54) is 11.1 Å². The molecule has 0 amide bonds. The fourth-order valence-corrected chi connectivity index (χ4v) is 4.62. The molecule has 80 valence electrons. The summed E-state index contributed by atoms with van der Waals surface area (Å²) in [6, 6.07) is 0. The average Bonchev–Trinajstić information content (AvgIpc) is 2.36. The molecule has 2 heterocycles. The monoisotopic (exact) mass is 213 g/mol. The molecule has 1 spiro atoms. The summed E-state index contributed by atoms with van der Waals surface area (Å²) in [5.41, 5.74) is 2.79. The second-order valence-electron chi connectivity index (χ2n) is 4.69. The van der Waals surface area contributed by atoms with E-state index in [0.29, 0.717) is 0 Å². The Morgan fingerprint density at radius 1 is 1.29 bits per heavy atom. The van der Waals surface area contributed by atoms with Crippen LogP contribution in [0.1, 0.15) is 26.7 Å². The fraction of sp³-hybridized carbons (Fsp3) is 0.818. The molecule has 0 aromatic heterocycles. The van der Waals surface area contributed by atoms with E-state index in [0.717, 1.165) is 31.7 Å². The van der Waals surface area contributed by atoms with Crippen LogP contribution >= 0.6 is 0 Å². The first-order valence-corrected chi connectivity index (χ1v) is 6.62. The van der Waals surface area contributed by atoms with E-state index in [1.807, 2.05) is 0 Å². The molecule has 0 aromatic carbocycles. The Morgan fingerprint density at radius 2 is 1.86 bits per heavy atom. The van der Waals surface area contributed by atoms with Crippen LogP contribution in [0, 0.1) is 0 Å². The van der Waals surface area contributed by atoms with Crippen molar-refractivity contribution in [2.75, 3.05) is 25.9 Å². The Morgan fingerprint density at radius 3 is 2.29 bits per heavy atom. The molecule has 2 aliphatic rings. The van der Waals surface area contributed by atoms with E-state index < -0.39 is 10.8 Å². The summed E-state index contributed by atoms with van der Waals surface area (Å²) in [4.78, 5) is 2.34. The quantitative estimate of drug-likeness (QED) is 0.569. The lowest BCUT2D eigenvalue weighted by molar-refractivity contribution is 0.252. The van der Waals surface area contributed by atoms with E-state index >= 15 is 0 Å². The highest BCUT2D eigenvalue weighted by Gasteiger charge is 2.45. The van der Waals surface area contributed by atoms with E-state index in [9.17, 15) is 4.21 Å². The third kappa shape index (κ3) is 1.38. The van der Waals surface area contributed by atoms with E-state index in [-0.39, 0.29) is 4.75 Å². The Kier molecular flexibility index (Phi) is 2.56. The summed E-state index contributed by atoms with van der Waals surface area (Å²) in [5.74, 6) is 0.815. The Hall–Kier alpha value is -0.150. The summed E-state index contributed by atoms with van der Waals surface area (Å²) in [6.45, 7) is 6.51. The first-order valence-electron chi connectivity index (χ1n) is 5.30. The van der Waals surface area contributed by atoms with Crippen LogP contribution in [-0.2, 0) is 10.8 Å². The molecule has 0 bridgehead atoms. The molecule has 0 radical (unpaired) electrons. The van der Waals surface area contributed by atoms with Gasteiger partial charge in [0.15, 0.2) is 0 Å². The van der Waals surface area contributed by atoms with Gasteiger partial charge in [0.1, 0.15) is 0 Å². The van der Waals surface area contributed by atoms with E-state index in [4.69, 9.17) is 0 Å². The van der Waals surface area contributed by atoms with E-state index in [2.05, 4.69) is 25.8 Å². The first-order chi connectivity index (χ1) is 6.56. The maximum absolute atomic E-state index is 12.1. The second-order valence-corrected chi connectivity index (χ2v) is 6.45. The molecule has 0 saturated carbocycles. The summed E-state index contributed by atoms with van der Waals surface area (Å²) >= 11 is 0. The Balaban J connectivity index is 2.27. The van der Waals surface area contributed by atoms with Gasteiger partial charge in [-0.3, -0.25) is 4.21 Å². The topological polar surface area (TPSA) is 20.3 Å². The molecule has 2 aliphatic heterocycles. The molecule has 0 aromatic rings. The summed E-state index contributed by atoms with van der Waals surface area (Å²) < 4.78 is 12.2. The molecule has 3 heteroatoms. The van der Waals surface area contributed by atoms with Crippen LogP contribution in [0.5, 0.6) is 0 Å². The molecule has 14 heavy (non-hydrogen) atoms. The van der Waals surface area contributed by atoms with Crippen LogP contribution in [0.4, 0.5) is 0 Å². The van der Waals surface area contributed by atoms with Crippen molar-refractivity contribution in [2.45, 2.75) is 31.4 Å². The van der Waals surface area contributed by atoms with Crippen molar-refractivity contribution in [1.29, 1.82) is 0 Å². The van der Waals surface area contributed by atoms with Crippen LogP contribution in [0.25, 0.3) is 0 Å². The molecule has 1 unspecified atom stereocenters. The lowest BCUT2D eigenvalue weighted by Crippen LogP contribution is -2.44. The van der Waals surface area contributed by atoms with Crippen molar-refractivity contribution in [1.82, 2.24) is 4.90 Å². The molecule has 0 N–H and O–H groups in total. The maximum Gasteiger partial charge on any atom is 0.0695 e. The molecule has 2 nitrogen and oxygen atoms in total. The number of hydrogen-bond acceptors (Lipinski definition) is 2. The second kappa shape index (κ2) is 3.46. The third-order valence-corrected chi connectivity index (χ3v) is 6.18. The summed E-state index contributed by atoms with van der Waals surface area (Å²) in [6.07, 6.45) is 2.17. The predicted octanol–water partition coefficient (Wildman–Crippen LogP) is 1.55. The smallest absolute Gasteiger partial charge is 0.0695 e. The highest BCUT2D eigenvalue weighted by Crippen LogP contribution is 2.41. The summed E-state index contributed by atoms with van der Waals surface area (Å²) in [5, 5.41) is 0. The van der Waals surface area contributed by atoms with Crippen LogP contribution in [0.3, 0.4) is 0 Å². The van der Waals surface area contributed by atoms with E-state index in [1.54, 1.807) is 0 Å². The molecule has 1 saturated heterocycles. The summed E-state index contributed by atoms with van der Waals surface area (Å²) in [7, 11) is 1.51. The van der Waals surface area contributed by atoms with Crippen molar-refractivity contribution in [3.05, 3.63) is 11.1 Å². The normalized spacial score (nSPS) is 32.9. The average molecular weight is 213 g/mol. The maximum atomic E-state index is 12.1. The van der Waals surface area contributed by atoms with Gasteiger partial charge in [-0.15, -0.1) is 0 Å². The fourth-order valence-electron chi connectivity index (χ4n) is 2.59. The molecule has 2 rings (SSSR count). The van der Waals surface area contributed by atoms with Gasteiger partial charge in [0.2, 0.25) is 0 Å². The molecular formula is C11H19NOS. The van der Waals surface area contributed by atoms with Gasteiger partial charge >= 0.3 is 0 Å². The zero-order valence-electron chi connectivity index (χ0n) is 9.30. The van der Waals surface area contributed by atoms with Gasteiger partial charge in [0.25, 0.3) is 0 Å². The highest BCUT2D eigenvalue weighted by molar-refractivity contribution is 7.87. The van der Waals surface area contributed by atoms with Crippen LogP contribution in [0.2, 0.25) is 0 Å². The minimum absolute atomic E-state index is 0.0522. The van der Waals surface area contributed by atoms with Crippen LogP contribution in [0.15, 0.2) is 11.1 Å². The third-order valence-electron chi connectivity index (χ3n) is 3.90. The van der Waals surface area contributed by atoms with Gasteiger partial charge in [0.05, 0.1) is 4.75 Å². The van der Waals surface area contributed by atoms with Crippen molar-refractivity contribution in [3.63, 3.8) is 0 Å². The molecular weight excluding hydrogens is 194 g/mol. The minimum Gasteiger partial charge on any atom is -0.306 e. The zero-order chi connectivity index (χ0) is 10.3. The number of piperidine rings is 1. The lowest BCUT2D eigenvalue weighted by atomic mass is 9.87. The van der Waals surface area contributed by atoms with Gasteiger partial charge < -0.3 is 4.90 Å². The van der Waals surface area contributed by atoms with Gasteiger partial charge in [0, 0.05) is 16.6 Å². The highest BCUT2D eigenvalue weighted by atomic mass is 32.2. The van der Waals surface area contributed by atoms with Crippen molar-refractivity contribution < 1.29 is 4.21 Å². The minimum atomic E-state index is -0.644. The number of rotatable bonds is 0. The first kappa shape index (κ1) is 10.4. The zero-order valence-corrected chi connectivity index (χ0v) is 10.1. The van der Waals surface area contributed by atoms with Crippen molar-refractivity contribution >= 4 is 10.8 Å². The number of hydrogen-bond donors (Lipinski definition) is 0. The Bertz CT molecular complexity index is 300. The number of likely N-dealkylation sites (tertiary alicyclic amines) is 1. The molecule has 1 atom stereocenters. The SMILES string of the molecule is CC1=C(C)C2(CCN(C)CC2)S(=O)C1. The van der Waals surface area contributed by atoms with Crippen LogP contribution < -0.4 is 0 Å². The lowest BCUT2D eigenvalue weighted by Gasteiger charge is -2.38. The standard InChI is InChI=1S/C11H19NOS/c1-9-8-14(13)11(10(9)2)4-6-12(3)7-5-11/h4-8H2,1-3H3. The molecule has 0 aliphatic carbocycles. The molecule has 1 fully saturated rings. The van der Waals surface area contributed by atoms with Gasteiger partial charge in [-0.25, -0.2) is 0 Å². The number of nitrogens with zero attached hydrogens (tertiary/aromatic N) is 1. The Labute approximate surface area is 88.8 Å². The van der Waals surface area contributed by atoms with Gasteiger partial charge in [-0.05, 0) is 46.8 Å². The van der Waals surface area contributed by atoms with Crippen molar-refractivity contribution in [2.24, 2.45) is 0 Å². The largest absolute Gasteiger partial charge is 0.306 e. The van der Waals surface area contributed by atoms with Gasteiger partial charge in [-0.1, -0.05) is 11.1 Å². The van der Waals surface area contributed by atoms with Crippen molar-refractivity contribution in [3.8, 4) is 0 Å². The van der Waals surface area contributed by atoms with Gasteiger partial charge in [-0.2, -0.15) is 0 Å². The predicted molar refractivity (Wildman–Crippen MR) is 60.8 cm³/mol.